The first-order valence-corrected chi connectivity index (χ1v) is 8.47. The van der Waals surface area contributed by atoms with Crippen LogP contribution in [0, 0.1) is 11.8 Å². The fourth-order valence-corrected chi connectivity index (χ4v) is 3.14. The molecule has 0 unspecified atom stereocenters. The number of carbonyl (C=O) groups excluding carboxylic acids is 2. The zero-order valence-corrected chi connectivity index (χ0v) is 14.4. The van der Waals surface area contributed by atoms with Crippen LogP contribution in [-0.4, -0.2) is 39.8 Å². The van der Waals surface area contributed by atoms with Crippen molar-refractivity contribution in [2.24, 2.45) is 11.8 Å². The highest BCUT2D eigenvalue weighted by molar-refractivity contribution is 5.89. The third-order valence-corrected chi connectivity index (χ3v) is 4.35. The molecule has 1 aliphatic heterocycles. The zero-order chi connectivity index (χ0) is 17.3. The summed E-state index contributed by atoms with van der Waals surface area (Å²) in [7, 11) is 0. The summed E-state index contributed by atoms with van der Waals surface area (Å²) in [6, 6.07) is 7.55. The van der Waals surface area contributed by atoms with Crippen molar-refractivity contribution in [3.63, 3.8) is 0 Å². The number of fused-ring (bicyclic) bond motifs is 1. The Morgan fingerprint density at radius 2 is 2.12 bits per heavy atom. The van der Waals surface area contributed by atoms with Crippen LogP contribution in [0.1, 0.15) is 39.1 Å². The van der Waals surface area contributed by atoms with Gasteiger partial charge in [-0.3, -0.25) is 9.59 Å². The molecule has 6 nitrogen and oxygen atoms in total. The largest absolute Gasteiger partial charge is 0.346 e. The lowest BCUT2D eigenvalue weighted by atomic mass is 10.1. The average molecular weight is 328 g/mol. The van der Waals surface area contributed by atoms with E-state index in [1.807, 2.05) is 31.2 Å². The van der Waals surface area contributed by atoms with Crippen LogP contribution in [0.25, 0.3) is 11.0 Å². The summed E-state index contributed by atoms with van der Waals surface area (Å²) in [5, 5.41) is 2.98. The van der Waals surface area contributed by atoms with E-state index < -0.39 is 0 Å². The van der Waals surface area contributed by atoms with Gasteiger partial charge in [-0.1, -0.05) is 26.0 Å². The van der Waals surface area contributed by atoms with Crippen molar-refractivity contribution in [3.8, 4) is 0 Å². The lowest BCUT2D eigenvalue weighted by Gasteiger charge is -2.19. The Labute approximate surface area is 141 Å². The van der Waals surface area contributed by atoms with E-state index in [0.29, 0.717) is 25.4 Å². The molecule has 2 amide bonds. The van der Waals surface area contributed by atoms with E-state index in [-0.39, 0.29) is 23.8 Å². The van der Waals surface area contributed by atoms with Crippen LogP contribution in [0.3, 0.4) is 0 Å². The molecule has 2 heterocycles. The quantitative estimate of drug-likeness (QED) is 0.883. The second-order valence-electron chi connectivity index (χ2n) is 6.96. The Kier molecular flexibility index (Phi) is 4.55. The van der Waals surface area contributed by atoms with Crippen molar-refractivity contribution >= 4 is 22.8 Å². The Morgan fingerprint density at radius 1 is 1.38 bits per heavy atom. The standard InChI is InChI=1S/C18H24N4O2/c1-11(2)9-22-10-13(8-16(22)23)18(24)19-12(3)17-20-14-6-4-5-7-15(14)21-17/h4-7,11-13H,8-10H2,1-3H3,(H,19,24)(H,20,21)/t12-,13+/m1/s1. The van der Waals surface area contributed by atoms with Gasteiger partial charge in [-0.2, -0.15) is 0 Å². The molecule has 2 atom stereocenters. The average Bonchev–Trinajstić information content (AvgIpc) is 3.11. The molecule has 2 aromatic rings. The molecule has 0 saturated carbocycles. The van der Waals surface area contributed by atoms with Gasteiger partial charge in [-0.15, -0.1) is 0 Å². The van der Waals surface area contributed by atoms with Gasteiger partial charge < -0.3 is 15.2 Å². The van der Waals surface area contributed by atoms with Gasteiger partial charge in [0, 0.05) is 19.5 Å². The SMILES string of the molecule is CC(C)CN1C[C@@H](C(=O)N[C@H](C)c2nc3ccccc3[nH]2)CC1=O. The van der Waals surface area contributed by atoms with Crippen LogP contribution in [0.4, 0.5) is 0 Å². The van der Waals surface area contributed by atoms with Gasteiger partial charge >= 0.3 is 0 Å². The maximum atomic E-state index is 12.5. The highest BCUT2D eigenvalue weighted by atomic mass is 16.2. The van der Waals surface area contributed by atoms with Crippen molar-refractivity contribution in [3.05, 3.63) is 30.1 Å². The number of nitrogens with one attached hydrogen (secondary N) is 2. The number of amides is 2. The van der Waals surface area contributed by atoms with Gasteiger partial charge in [0.05, 0.1) is 23.0 Å². The molecule has 128 valence electrons. The van der Waals surface area contributed by atoms with E-state index in [0.717, 1.165) is 16.9 Å². The van der Waals surface area contributed by atoms with E-state index in [4.69, 9.17) is 0 Å². The number of likely N-dealkylation sites (tertiary alicyclic amines) is 1. The maximum Gasteiger partial charge on any atom is 0.226 e. The molecular weight excluding hydrogens is 304 g/mol. The smallest absolute Gasteiger partial charge is 0.226 e. The third kappa shape index (κ3) is 3.42. The number of benzene rings is 1. The summed E-state index contributed by atoms with van der Waals surface area (Å²) in [5.41, 5.74) is 1.83. The number of aromatic amines is 1. The molecular formula is C18H24N4O2. The van der Waals surface area contributed by atoms with Gasteiger partial charge in [0.15, 0.2) is 0 Å². The number of para-hydroxylation sites is 2. The molecule has 0 bridgehead atoms. The predicted molar refractivity (Wildman–Crippen MR) is 92.2 cm³/mol. The first-order valence-electron chi connectivity index (χ1n) is 8.47. The summed E-state index contributed by atoms with van der Waals surface area (Å²) in [5.74, 6) is 0.851. The van der Waals surface area contributed by atoms with Gasteiger partial charge in [-0.25, -0.2) is 4.98 Å². The summed E-state index contributed by atoms with van der Waals surface area (Å²) in [6.07, 6.45) is 0.297. The number of carbonyl (C=O) groups is 2. The Hall–Kier alpha value is -2.37. The Bertz CT molecular complexity index is 719. The second-order valence-corrected chi connectivity index (χ2v) is 6.96. The molecule has 1 aromatic carbocycles. The molecule has 1 saturated heterocycles. The van der Waals surface area contributed by atoms with Crippen LogP contribution in [0.2, 0.25) is 0 Å². The summed E-state index contributed by atoms with van der Waals surface area (Å²) < 4.78 is 0. The van der Waals surface area contributed by atoms with E-state index in [2.05, 4.69) is 29.1 Å². The number of H-pyrrole nitrogens is 1. The van der Waals surface area contributed by atoms with E-state index >= 15 is 0 Å². The molecule has 1 fully saturated rings. The molecule has 6 heteroatoms. The van der Waals surface area contributed by atoms with Crippen molar-refractivity contribution in [2.75, 3.05) is 13.1 Å². The van der Waals surface area contributed by atoms with Gasteiger partial charge in [0.2, 0.25) is 11.8 Å². The first kappa shape index (κ1) is 16.5. The van der Waals surface area contributed by atoms with Crippen molar-refractivity contribution in [1.82, 2.24) is 20.2 Å². The lowest BCUT2D eigenvalue weighted by Crippen LogP contribution is -2.35. The van der Waals surface area contributed by atoms with E-state index in [1.54, 1.807) is 4.90 Å². The highest BCUT2D eigenvalue weighted by Crippen LogP contribution is 2.21. The van der Waals surface area contributed by atoms with Crippen LogP contribution in [0.5, 0.6) is 0 Å². The van der Waals surface area contributed by atoms with Gasteiger partial charge in [0.25, 0.3) is 0 Å². The van der Waals surface area contributed by atoms with Crippen LogP contribution < -0.4 is 5.32 Å². The molecule has 0 spiro atoms. The number of hydrogen-bond donors (Lipinski definition) is 2. The van der Waals surface area contributed by atoms with Crippen LogP contribution in [-0.2, 0) is 9.59 Å². The number of aromatic nitrogens is 2. The Morgan fingerprint density at radius 3 is 2.83 bits per heavy atom. The van der Waals surface area contributed by atoms with Gasteiger partial charge in [0.1, 0.15) is 5.82 Å². The van der Waals surface area contributed by atoms with E-state index in [1.165, 1.54) is 0 Å². The monoisotopic (exact) mass is 328 g/mol. The molecule has 3 rings (SSSR count). The minimum Gasteiger partial charge on any atom is -0.346 e. The second kappa shape index (κ2) is 6.63. The summed E-state index contributed by atoms with van der Waals surface area (Å²) in [4.78, 5) is 34.1. The third-order valence-electron chi connectivity index (χ3n) is 4.35. The van der Waals surface area contributed by atoms with Crippen molar-refractivity contribution in [2.45, 2.75) is 33.2 Å². The fraction of sp³-hybridized carbons (Fsp3) is 0.500. The molecule has 1 aliphatic rings. The van der Waals surface area contributed by atoms with Crippen LogP contribution >= 0.6 is 0 Å². The Balaban J connectivity index is 1.63. The maximum absolute atomic E-state index is 12.5. The summed E-state index contributed by atoms with van der Waals surface area (Å²) in [6.45, 7) is 7.27. The molecule has 2 N–H and O–H groups in total. The van der Waals surface area contributed by atoms with Crippen LogP contribution in [0.15, 0.2) is 24.3 Å². The molecule has 24 heavy (non-hydrogen) atoms. The first-order chi connectivity index (χ1) is 11.4. The fourth-order valence-electron chi connectivity index (χ4n) is 3.14. The normalized spacial score (nSPS) is 19.2. The minimum absolute atomic E-state index is 0.0697. The molecule has 0 aliphatic carbocycles. The number of hydrogen-bond acceptors (Lipinski definition) is 3. The lowest BCUT2D eigenvalue weighted by molar-refractivity contribution is -0.129. The minimum atomic E-state index is -0.275. The van der Waals surface area contributed by atoms with Crippen molar-refractivity contribution < 1.29 is 9.59 Å². The highest BCUT2D eigenvalue weighted by Gasteiger charge is 2.35. The zero-order valence-electron chi connectivity index (χ0n) is 14.4. The molecule has 0 radical (unpaired) electrons. The number of imidazole rings is 1. The number of rotatable bonds is 5. The van der Waals surface area contributed by atoms with Gasteiger partial charge in [-0.05, 0) is 25.0 Å². The van der Waals surface area contributed by atoms with E-state index in [9.17, 15) is 9.59 Å². The number of nitrogens with zero attached hydrogens (tertiary/aromatic N) is 2. The molecule has 1 aromatic heterocycles. The predicted octanol–water partition coefficient (Wildman–Crippen LogP) is 2.24. The topological polar surface area (TPSA) is 78.1 Å². The van der Waals surface area contributed by atoms with Crippen molar-refractivity contribution in [1.29, 1.82) is 0 Å². The summed E-state index contributed by atoms with van der Waals surface area (Å²) >= 11 is 0.